The summed E-state index contributed by atoms with van der Waals surface area (Å²) in [7, 11) is 0. The molecule has 0 spiro atoms. The molecule has 6 heteroatoms. The van der Waals surface area contributed by atoms with Gasteiger partial charge >= 0.3 is 0 Å². The fourth-order valence-electron chi connectivity index (χ4n) is 2.61. The Hall–Kier alpha value is -2.11. The molecular formula is C14H20N6. The summed E-state index contributed by atoms with van der Waals surface area (Å²) < 4.78 is 1.92. The van der Waals surface area contributed by atoms with E-state index in [4.69, 9.17) is 11.5 Å². The number of nitrogens with zero attached hydrogens (tertiary/aromatic N) is 4. The molecule has 20 heavy (non-hydrogen) atoms. The Morgan fingerprint density at radius 3 is 2.55 bits per heavy atom. The van der Waals surface area contributed by atoms with E-state index in [9.17, 15) is 0 Å². The van der Waals surface area contributed by atoms with Crippen molar-refractivity contribution in [3.05, 3.63) is 18.2 Å². The van der Waals surface area contributed by atoms with Gasteiger partial charge in [-0.1, -0.05) is 19.8 Å². The van der Waals surface area contributed by atoms with Crippen molar-refractivity contribution < 1.29 is 0 Å². The summed E-state index contributed by atoms with van der Waals surface area (Å²) in [6.45, 7) is 2.17. The highest BCUT2D eigenvalue weighted by Crippen LogP contribution is 2.38. The molecule has 0 bridgehead atoms. The molecule has 0 aliphatic heterocycles. The third kappa shape index (κ3) is 2.59. The molecule has 1 unspecified atom stereocenters. The van der Waals surface area contributed by atoms with E-state index in [0.717, 1.165) is 30.1 Å². The molecule has 1 aromatic carbocycles. The monoisotopic (exact) mass is 272 g/mol. The Morgan fingerprint density at radius 2 is 1.95 bits per heavy atom. The molecule has 1 aromatic heterocycles. The van der Waals surface area contributed by atoms with Gasteiger partial charge in [-0.05, 0) is 47.4 Å². The molecule has 1 aliphatic rings. The van der Waals surface area contributed by atoms with Crippen LogP contribution in [0.15, 0.2) is 18.2 Å². The van der Waals surface area contributed by atoms with Gasteiger partial charge in [-0.2, -0.15) is 0 Å². The first-order valence-electron chi connectivity index (χ1n) is 7.11. The van der Waals surface area contributed by atoms with Crippen LogP contribution in [0, 0.1) is 5.92 Å². The van der Waals surface area contributed by atoms with Gasteiger partial charge in [0.2, 0.25) is 0 Å². The van der Waals surface area contributed by atoms with E-state index in [1.807, 2.05) is 16.8 Å². The predicted octanol–water partition coefficient (Wildman–Crippen LogP) is 2.26. The smallest absolute Gasteiger partial charge is 0.182 e. The minimum absolute atomic E-state index is 0.343. The van der Waals surface area contributed by atoms with Crippen molar-refractivity contribution in [2.75, 3.05) is 11.5 Å². The number of hydrogen-bond donors (Lipinski definition) is 2. The van der Waals surface area contributed by atoms with Crippen molar-refractivity contribution in [3.63, 3.8) is 0 Å². The highest BCUT2D eigenvalue weighted by molar-refractivity contribution is 5.67. The number of anilines is 2. The van der Waals surface area contributed by atoms with E-state index in [2.05, 4.69) is 22.4 Å². The fraction of sp³-hybridized carbons (Fsp3) is 0.500. The van der Waals surface area contributed by atoms with Crippen LogP contribution in [0.5, 0.6) is 0 Å². The van der Waals surface area contributed by atoms with Crippen molar-refractivity contribution >= 4 is 11.4 Å². The van der Waals surface area contributed by atoms with Gasteiger partial charge in [0.25, 0.3) is 0 Å². The summed E-state index contributed by atoms with van der Waals surface area (Å²) in [4.78, 5) is 0. The second kappa shape index (κ2) is 5.11. The normalized spacial score (nSPS) is 16.2. The van der Waals surface area contributed by atoms with E-state index in [-0.39, 0.29) is 0 Å². The predicted molar refractivity (Wildman–Crippen MR) is 78.7 cm³/mol. The molecule has 1 fully saturated rings. The number of nitrogen functional groups attached to an aromatic ring is 2. The van der Waals surface area contributed by atoms with Crippen LogP contribution in [-0.4, -0.2) is 20.2 Å². The second-order valence-corrected chi connectivity index (χ2v) is 5.58. The Kier molecular flexibility index (Phi) is 3.30. The standard InChI is InChI=1S/C14H20N6/c1-2-13(5-9-3-4-9)20-14(17-18-19-20)10-6-11(15)8-12(16)7-10/h6-9,13H,2-5,15-16H2,1H3. The third-order valence-corrected chi connectivity index (χ3v) is 3.85. The lowest BCUT2D eigenvalue weighted by molar-refractivity contribution is 0.388. The van der Waals surface area contributed by atoms with Gasteiger partial charge < -0.3 is 11.5 Å². The van der Waals surface area contributed by atoms with Crippen molar-refractivity contribution in [1.82, 2.24) is 20.2 Å². The van der Waals surface area contributed by atoms with E-state index >= 15 is 0 Å². The summed E-state index contributed by atoms with van der Waals surface area (Å²) in [5.74, 6) is 1.58. The van der Waals surface area contributed by atoms with E-state index in [0.29, 0.717) is 17.4 Å². The molecule has 0 saturated heterocycles. The quantitative estimate of drug-likeness (QED) is 0.814. The van der Waals surface area contributed by atoms with Gasteiger partial charge in [-0.25, -0.2) is 4.68 Å². The Labute approximate surface area is 118 Å². The zero-order valence-electron chi connectivity index (χ0n) is 11.7. The number of nitrogens with two attached hydrogens (primary N) is 2. The zero-order chi connectivity index (χ0) is 14.1. The molecule has 1 atom stereocenters. The molecule has 4 N–H and O–H groups in total. The summed E-state index contributed by atoms with van der Waals surface area (Å²) in [6.07, 6.45) is 4.83. The number of benzene rings is 1. The first kappa shape index (κ1) is 12.9. The number of rotatable bonds is 5. The van der Waals surface area contributed by atoms with Crippen molar-refractivity contribution in [1.29, 1.82) is 0 Å². The number of aromatic nitrogens is 4. The Morgan fingerprint density at radius 1 is 1.25 bits per heavy atom. The maximum atomic E-state index is 5.86. The van der Waals surface area contributed by atoms with Gasteiger partial charge in [-0.3, -0.25) is 0 Å². The molecule has 1 saturated carbocycles. The molecule has 6 nitrogen and oxygen atoms in total. The number of hydrogen-bond acceptors (Lipinski definition) is 5. The summed E-state index contributed by atoms with van der Waals surface area (Å²) in [5.41, 5.74) is 13.8. The largest absolute Gasteiger partial charge is 0.399 e. The third-order valence-electron chi connectivity index (χ3n) is 3.85. The minimum atomic E-state index is 0.343. The summed E-state index contributed by atoms with van der Waals surface area (Å²) in [5, 5.41) is 12.2. The highest BCUT2D eigenvalue weighted by atomic mass is 15.5. The average Bonchev–Trinajstić information content (AvgIpc) is 3.09. The molecule has 1 aliphatic carbocycles. The molecule has 2 aromatic rings. The lowest BCUT2D eigenvalue weighted by atomic mass is 10.1. The SMILES string of the molecule is CCC(CC1CC1)n1nnnc1-c1cc(N)cc(N)c1. The maximum Gasteiger partial charge on any atom is 0.182 e. The van der Waals surface area contributed by atoms with E-state index in [1.165, 1.54) is 12.8 Å². The number of tetrazole rings is 1. The van der Waals surface area contributed by atoms with Crippen LogP contribution < -0.4 is 11.5 Å². The maximum absolute atomic E-state index is 5.86. The van der Waals surface area contributed by atoms with Crippen LogP contribution in [0.4, 0.5) is 11.4 Å². The van der Waals surface area contributed by atoms with E-state index in [1.54, 1.807) is 6.07 Å². The first-order chi connectivity index (χ1) is 9.67. The first-order valence-corrected chi connectivity index (χ1v) is 7.11. The van der Waals surface area contributed by atoms with Crippen LogP contribution in [0.3, 0.4) is 0 Å². The average molecular weight is 272 g/mol. The van der Waals surface area contributed by atoms with Crippen LogP contribution in [0.1, 0.15) is 38.6 Å². The minimum Gasteiger partial charge on any atom is -0.399 e. The molecule has 3 rings (SSSR count). The van der Waals surface area contributed by atoms with Gasteiger partial charge in [0.1, 0.15) is 0 Å². The lowest BCUT2D eigenvalue weighted by Crippen LogP contribution is -2.12. The second-order valence-electron chi connectivity index (χ2n) is 5.58. The van der Waals surface area contributed by atoms with Gasteiger partial charge in [0.15, 0.2) is 5.82 Å². The van der Waals surface area contributed by atoms with Crippen LogP contribution in [0.2, 0.25) is 0 Å². The molecule has 0 amide bonds. The van der Waals surface area contributed by atoms with Crippen LogP contribution in [-0.2, 0) is 0 Å². The zero-order valence-corrected chi connectivity index (χ0v) is 11.7. The Balaban J connectivity index is 1.95. The highest BCUT2D eigenvalue weighted by Gasteiger charge is 2.27. The lowest BCUT2D eigenvalue weighted by Gasteiger charge is -2.16. The van der Waals surface area contributed by atoms with Crippen molar-refractivity contribution in [2.24, 2.45) is 5.92 Å². The summed E-state index contributed by atoms with van der Waals surface area (Å²) in [6, 6.07) is 5.80. The Bertz CT molecular complexity index is 581. The molecule has 0 radical (unpaired) electrons. The van der Waals surface area contributed by atoms with E-state index < -0.39 is 0 Å². The van der Waals surface area contributed by atoms with Crippen LogP contribution >= 0.6 is 0 Å². The molecular weight excluding hydrogens is 252 g/mol. The van der Waals surface area contributed by atoms with Crippen molar-refractivity contribution in [2.45, 2.75) is 38.6 Å². The van der Waals surface area contributed by atoms with Crippen molar-refractivity contribution in [3.8, 4) is 11.4 Å². The summed E-state index contributed by atoms with van der Waals surface area (Å²) >= 11 is 0. The topological polar surface area (TPSA) is 95.6 Å². The van der Waals surface area contributed by atoms with Gasteiger partial charge in [0, 0.05) is 16.9 Å². The van der Waals surface area contributed by atoms with Crippen LogP contribution in [0.25, 0.3) is 11.4 Å². The van der Waals surface area contributed by atoms with Gasteiger partial charge in [0.05, 0.1) is 6.04 Å². The van der Waals surface area contributed by atoms with Gasteiger partial charge in [-0.15, -0.1) is 5.10 Å². The molecule has 1 heterocycles. The molecule has 106 valence electrons. The fourth-order valence-corrected chi connectivity index (χ4v) is 2.61.